The summed E-state index contributed by atoms with van der Waals surface area (Å²) < 4.78 is 11.0. The number of rotatable bonds is 2. The highest BCUT2D eigenvalue weighted by Crippen LogP contribution is 2.34. The van der Waals surface area contributed by atoms with Crippen LogP contribution in [0.25, 0.3) is 0 Å². The zero-order valence-electron chi connectivity index (χ0n) is 10.6. The fourth-order valence-corrected chi connectivity index (χ4v) is 2.88. The molecule has 2 heterocycles. The molecule has 0 bridgehead atoms. The van der Waals surface area contributed by atoms with Gasteiger partial charge in [-0.25, -0.2) is 0 Å². The summed E-state index contributed by atoms with van der Waals surface area (Å²) in [6, 6.07) is 5.91. The lowest BCUT2D eigenvalue weighted by atomic mass is 9.83. The fraction of sp³-hybridized carbons (Fsp3) is 0.533. The summed E-state index contributed by atoms with van der Waals surface area (Å²) in [4.78, 5) is 12.6. The average Bonchev–Trinajstić information content (AvgIpc) is 2.86. The predicted molar refractivity (Wildman–Crippen MR) is 68.1 cm³/mol. The first-order valence-corrected chi connectivity index (χ1v) is 6.64. The van der Waals surface area contributed by atoms with Crippen molar-refractivity contribution in [1.29, 1.82) is 0 Å². The summed E-state index contributed by atoms with van der Waals surface area (Å²) in [6.07, 6.45) is 1.74. The molecule has 0 aliphatic carbocycles. The highest BCUT2D eigenvalue weighted by molar-refractivity contribution is 6.01. The number of fused-ring (bicyclic) bond motifs is 1. The number of hydrogen-bond donors (Lipinski definition) is 0. The zero-order chi connectivity index (χ0) is 12.5. The number of ketones is 1. The van der Waals surface area contributed by atoms with E-state index in [-0.39, 0.29) is 11.7 Å². The third kappa shape index (κ3) is 1.93. The van der Waals surface area contributed by atoms with Crippen molar-refractivity contribution in [3.63, 3.8) is 0 Å². The van der Waals surface area contributed by atoms with Crippen LogP contribution in [-0.4, -0.2) is 25.6 Å². The van der Waals surface area contributed by atoms with Gasteiger partial charge in [0.05, 0.1) is 12.2 Å². The Labute approximate surface area is 107 Å². The number of Topliss-reactive ketones (excluding diaryl/α,β-unsaturated/α-hetero) is 1. The molecule has 0 spiro atoms. The summed E-state index contributed by atoms with van der Waals surface area (Å²) in [5, 5.41) is 0. The van der Waals surface area contributed by atoms with Gasteiger partial charge in [-0.15, -0.1) is 0 Å². The van der Waals surface area contributed by atoms with E-state index in [0.29, 0.717) is 25.7 Å². The lowest BCUT2D eigenvalue weighted by Gasteiger charge is -2.28. The van der Waals surface area contributed by atoms with Crippen LogP contribution in [0.4, 0.5) is 0 Å². The van der Waals surface area contributed by atoms with E-state index in [2.05, 4.69) is 6.92 Å². The summed E-state index contributed by atoms with van der Waals surface area (Å²) in [6.45, 7) is 4.16. The van der Waals surface area contributed by atoms with Crippen molar-refractivity contribution >= 4 is 5.78 Å². The molecule has 1 saturated heterocycles. The van der Waals surface area contributed by atoms with Gasteiger partial charge in [0.2, 0.25) is 0 Å². The van der Waals surface area contributed by atoms with Crippen molar-refractivity contribution in [2.45, 2.75) is 19.8 Å². The van der Waals surface area contributed by atoms with Gasteiger partial charge in [-0.1, -0.05) is 19.1 Å². The van der Waals surface area contributed by atoms with E-state index in [0.717, 1.165) is 24.2 Å². The largest absolute Gasteiger partial charge is 0.492 e. The second-order valence-electron chi connectivity index (χ2n) is 5.20. The average molecular weight is 246 g/mol. The summed E-state index contributed by atoms with van der Waals surface area (Å²) in [5.74, 6) is 1.42. The Balaban J connectivity index is 1.90. The van der Waals surface area contributed by atoms with E-state index in [4.69, 9.17) is 9.47 Å². The van der Waals surface area contributed by atoms with Crippen LogP contribution in [-0.2, 0) is 11.2 Å². The zero-order valence-corrected chi connectivity index (χ0v) is 10.6. The minimum atomic E-state index is 0.0782. The van der Waals surface area contributed by atoms with Crippen LogP contribution in [0.5, 0.6) is 5.75 Å². The third-order valence-electron chi connectivity index (χ3n) is 3.96. The lowest BCUT2D eigenvalue weighted by molar-refractivity contribution is 0.0240. The molecule has 2 aliphatic heterocycles. The highest BCUT2D eigenvalue weighted by atomic mass is 16.5. The van der Waals surface area contributed by atoms with E-state index < -0.39 is 0 Å². The number of ether oxygens (including phenoxy) is 2. The molecule has 3 heteroatoms. The molecular weight excluding hydrogens is 228 g/mol. The molecule has 2 atom stereocenters. The molecule has 2 unspecified atom stereocenters. The molecule has 2 aliphatic rings. The summed E-state index contributed by atoms with van der Waals surface area (Å²) in [5.41, 5.74) is 1.93. The van der Waals surface area contributed by atoms with Crippen LogP contribution in [0.3, 0.4) is 0 Å². The number of hydrogen-bond acceptors (Lipinski definition) is 3. The normalized spacial score (nSPS) is 26.5. The smallest absolute Gasteiger partial charge is 0.170 e. The third-order valence-corrected chi connectivity index (χ3v) is 3.96. The summed E-state index contributed by atoms with van der Waals surface area (Å²) >= 11 is 0. The van der Waals surface area contributed by atoms with Crippen LogP contribution in [0.1, 0.15) is 29.3 Å². The Bertz CT molecular complexity index is 467. The molecule has 0 saturated carbocycles. The van der Waals surface area contributed by atoms with Crippen LogP contribution in [0, 0.1) is 11.8 Å². The Morgan fingerprint density at radius 2 is 2.22 bits per heavy atom. The molecular formula is C15H18O3. The summed E-state index contributed by atoms with van der Waals surface area (Å²) in [7, 11) is 0. The van der Waals surface area contributed by atoms with Gasteiger partial charge in [-0.2, -0.15) is 0 Å². The van der Waals surface area contributed by atoms with E-state index in [1.54, 1.807) is 0 Å². The molecule has 96 valence electrons. The Morgan fingerprint density at radius 3 is 3.06 bits per heavy atom. The first kappa shape index (κ1) is 11.7. The highest BCUT2D eigenvalue weighted by Gasteiger charge is 2.32. The molecule has 1 aromatic rings. The van der Waals surface area contributed by atoms with Crippen molar-refractivity contribution in [3.8, 4) is 5.75 Å². The van der Waals surface area contributed by atoms with Gasteiger partial charge >= 0.3 is 0 Å². The maximum Gasteiger partial charge on any atom is 0.170 e. The minimum Gasteiger partial charge on any atom is -0.492 e. The second kappa shape index (κ2) is 4.73. The van der Waals surface area contributed by atoms with Crippen LogP contribution >= 0.6 is 0 Å². The molecule has 0 radical (unpaired) electrons. The van der Waals surface area contributed by atoms with Crippen molar-refractivity contribution in [1.82, 2.24) is 0 Å². The van der Waals surface area contributed by atoms with Crippen molar-refractivity contribution < 1.29 is 14.3 Å². The SMILES string of the molecule is CC1COCCC1C(=O)c1cccc2c1OCC2. The van der Waals surface area contributed by atoms with Crippen LogP contribution in [0.15, 0.2) is 18.2 Å². The van der Waals surface area contributed by atoms with E-state index in [9.17, 15) is 4.79 Å². The molecule has 0 aromatic heterocycles. The first-order chi connectivity index (χ1) is 8.77. The molecule has 3 nitrogen and oxygen atoms in total. The number of benzene rings is 1. The molecule has 0 N–H and O–H groups in total. The van der Waals surface area contributed by atoms with E-state index in [1.165, 1.54) is 5.56 Å². The number of carbonyl (C=O) groups excluding carboxylic acids is 1. The maximum atomic E-state index is 12.6. The van der Waals surface area contributed by atoms with E-state index in [1.807, 2.05) is 18.2 Å². The Hall–Kier alpha value is -1.35. The molecule has 18 heavy (non-hydrogen) atoms. The van der Waals surface area contributed by atoms with Gasteiger partial charge in [0.15, 0.2) is 5.78 Å². The quantitative estimate of drug-likeness (QED) is 0.752. The van der Waals surface area contributed by atoms with Crippen LogP contribution in [0.2, 0.25) is 0 Å². The van der Waals surface area contributed by atoms with Gasteiger partial charge < -0.3 is 9.47 Å². The number of carbonyl (C=O) groups is 1. The van der Waals surface area contributed by atoms with Crippen LogP contribution < -0.4 is 4.74 Å². The van der Waals surface area contributed by atoms with Crippen molar-refractivity contribution in [2.24, 2.45) is 11.8 Å². The van der Waals surface area contributed by atoms with Gasteiger partial charge in [0.25, 0.3) is 0 Å². The number of para-hydroxylation sites is 1. The van der Waals surface area contributed by atoms with Crippen molar-refractivity contribution in [3.05, 3.63) is 29.3 Å². The standard InChI is InChI=1S/C15H18O3/c1-10-9-17-7-6-12(10)14(16)13-4-2-3-11-5-8-18-15(11)13/h2-4,10,12H,5-9H2,1H3. The van der Waals surface area contributed by atoms with Gasteiger partial charge in [-0.3, -0.25) is 4.79 Å². The minimum absolute atomic E-state index is 0.0782. The molecule has 1 fully saturated rings. The van der Waals surface area contributed by atoms with Crippen molar-refractivity contribution in [2.75, 3.05) is 19.8 Å². The lowest BCUT2D eigenvalue weighted by Crippen LogP contribution is -2.31. The topological polar surface area (TPSA) is 35.5 Å². The Morgan fingerprint density at radius 1 is 1.33 bits per heavy atom. The van der Waals surface area contributed by atoms with Gasteiger partial charge in [-0.05, 0) is 24.0 Å². The monoisotopic (exact) mass is 246 g/mol. The molecule has 0 amide bonds. The van der Waals surface area contributed by atoms with Gasteiger partial charge in [0.1, 0.15) is 5.75 Å². The fourth-order valence-electron chi connectivity index (χ4n) is 2.88. The second-order valence-corrected chi connectivity index (χ2v) is 5.20. The maximum absolute atomic E-state index is 12.6. The first-order valence-electron chi connectivity index (χ1n) is 6.64. The van der Waals surface area contributed by atoms with Gasteiger partial charge in [0, 0.05) is 25.6 Å². The predicted octanol–water partition coefficient (Wildman–Crippen LogP) is 2.48. The van der Waals surface area contributed by atoms with E-state index >= 15 is 0 Å². The molecule has 3 rings (SSSR count). The Kier molecular flexibility index (Phi) is 3.08. The molecule has 1 aromatic carbocycles.